The fourth-order valence-electron chi connectivity index (χ4n) is 2.80. The van der Waals surface area contributed by atoms with E-state index in [1.165, 1.54) is 40.9 Å². The van der Waals surface area contributed by atoms with Gasteiger partial charge in [-0.2, -0.15) is 0 Å². The minimum absolute atomic E-state index is 0.0524. The number of hydrogen-bond donors (Lipinski definition) is 1. The molecule has 7 heteroatoms. The molecular weight excluding hydrogens is 388 g/mol. The highest BCUT2D eigenvalue weighted by Crippen LogP contribution is 2.29. The molecule has 6 nitrogen and oxygen atoms in total. The molecule has 0 fully saturated rings. The van der Waals surface area contributed by atoms with Crippen molar-refractivity contribution in [3.8, 4) is 5.75 Å². The topological polar surface area (TPSA) is 79.7 Å². The minimum Gasteiger partial charge on any atom is -0.507 e. The van der Waals surface area contributed by atoms with E-state index in [0.717, 1.165) is 17.7 Å². The van der Waals surface area contributed by atoms with Crippen molar-refractivity contribution in [1.29, 1.82) is 0 Å². The minimum atomic E-state index is -0.629. The smallest absolute Gasteiger partial charge is 0.342 e. The van der Waals surface area contributed by atoms with Gasteiger partial charge in [0.05, 0.1) is 11.4 Å². The van der Waals surface area contributed by atoms with Crippen LogP contribution in [0.4, 0.5) is 10.8 Å². The first-order chi connectivity index (χ1) is 13.9. The van der Waals surface area contributed by atoms with Crippen molar-refractivity contribution >= 4 is 34.0 Å². The molecule has 0 radical (unpaired) electrons. The van der Waals surface area contributed by atoms with Gasteiger partial charge >= 0.3 is 5.97 Å². The Bertz CT molecular complexity index is 1030. The summed E-state index contributed by atoms with van der Waals surface area (Å²) in [6.45, 7) is 5.32. The van der Waals surface area contributed by atoms with Crippen molar-refractivity contribution in [2.24, 2.45) is 0 Å². The van der Waals surface area contributed by atoms with Crippen molar-refractivity contribution in [3.63, 3.8) is 0 Å². The number of aromatic nitrogens is 1. The molecule has 0 aliphatic rings. The average Bonchev–Trinajstić information content (AvgIpc) is 3.15. The molecule has 29 heavy (non-hydrogen) atoms. The number of thiazole rings is 1. The summed E-state index contributed by atoms with van der Waals surface area (Å²) in [5, 5.41) is 12.2. The van der Waals surface area contributed by atoms with Crippen LogP contribution in [0.5, 0.6) is 5.75 Å². The Morgan fingerprint density at radius 1 is 1.17 bits per heavy atom. The second-order valence-corrected chi connectivity index (χ2v) is 7.43. The van der Waals surface area contributed by atoms with E-state index in [2.05, 4.69) is 11.9 Å². The Labute approximate surface area is 173 Å². The van der Waals surface area contributed by atoms with Gasteiger partial charge in [0.2, 0.25) is 5.91 Å². The number of amides is 1. The molecule has 1 aromatic heterocycles. The van der Waals surface area contributed by atoms with Crippen LogP contribution in [0.25, 0.3) is 0 Å². The fourth-order valence-corrected chi connectivity index (χ4v) is 3.68. The highest BCUT2D eigenvalue weighted by atomic mass is 32.1. The zero-order valence-electron chi connectivity index (χ0n) is 16.5. The Balaban J connectivity index is 1.72. The summed E-state index contributed by atoms with van der Waals surface area (Å²) in [6, 6.07) is 12.5. The SMILES string of the molecule is CCc1ccc(N(C(C)=O)c2nc(COC(=O)c3ccc(C)cc3O)cs2)cc1. The maximum absolute atomic E-state index is 12.2. The van der Waals surface area contributed by atoms with Crippen LogP contribution in [0.15, 0.2) is 47.8 Å². The zero-order chi connectivity index (χ0) is 21.0. The predicted octanol–water partition coefficient (Wildman–Crippen LogP) is 4.76. The molecule has 0 spiro atoms. The largest absolute Gasteiger partial charge is 0.507 e. The van der Waals surface area contributed by atoms with E-state index in [4.69, 9.17) is 4.74 Å². The average molecular weight is 410 g/mol. The number of benzene rings is 2. The van der Waals surface area contributed by atoms with E-state index in [-0.39, 0.29) is 23.8 Å². The van der Waals surface area contributed by atoms with Crippen molar-refractivity contribution in [3.05, 3.63) is 70.2 Å². The predicted molar refractivity (Wildman–Crippen MR) is 113 cm³/mol. The molecule has 0 saturated heterocycles. The highest BCUT2D eigenvalue weighted by Gasteiger charge is 2.19. The third-order valence-corrected chi connectivity index (χ3v) is 5.25. The van der Waals surface area contributed by atoms with Gasteiger partial charge in [-0.25, -0.2) is 9.78 Å². The van der Waals surface area contributed by atoms with Crippen LogP contribution in [0.3, 0.4) is 0 Å². The first-order valence-corrected chi connectivity index (χ1v) is 10.1. The van der Waals surface area contributed by atoms with Crippen LogP contribution in [-0.4, -0.2) is 22.0 Å². The van der Waals surface area contributed by atoms with Gasteiger partial charge < -0.3 is 9.84 Å². The molecule has 150 valence electrons. The van der Waals surface area contributed by atoms with Crippen LogP contribution >= 0.6 is 11.3 Å². The van der Waals surface area contributed by atoms with Crippen molar-refractivity contribution < 1.29 is 19.4 Å². The zero-order valence-corrected chi connectivity index (χ0v) is 17.3. The van der Waals surface area contributed by atoms with Crippen molar-refractivity contribution in [2.45, 2.75) is 33.8 Å². The van der Waals surface area contributed by atoms with Gasteiger partial charge in [-0.15, -0.1) is 11.3 Å². The lowest BCUT2D eigenvalue weighted by Crippen LogP contribution is -2.22. The monoisotopic (exact) mass is 410 g/mol. The number of aromatic hydroxyl groups is 1. The van der Waals surface area contributed by atoms with Gasteiger partial charge in [-0.3, -0.25) is 9.69 Å². The van der Waals surface area contributed by atoms with Gasteiger partial charge in [0.25, 0.3) is 0 Å². The molecule has 0 bridgehead atoms. The second kappa shape index (κ2) is 8.87. The van der Waals surface area contributed by atoms with Crippen molar-refractivity contribution in [2.75, 3.05) is 4.90 Å². The Kier molecular flexibility index (Phi) is 6.29. The van der Waals surface area contributed by atoms with E-state index in [1.54, 1.807) is 11.4 Å². The molecule has 0 saturated carbocycles. The number of aryl methyl sites for hydroxylation is 2. The van der Waals surface area contributed by atoms with Crippen LogP contribution in [0, 0.1) is 6.92 Å². The fraction of sp³-hybridized carbons (Fsp3) is 0.227. The molecule has 1 N–H and O–H groups in total. The molecule has 0 aliphatic heterocycles. The van der Waals surface area contributed by atoms with Gasteiger partial charge in [0.1, 0.15) is 17.9 Å². The van der Waals surface area contributed by atoms with Crippen LogP contribution in [0.2, 0.25) is 0 Å². The molecular formula is C22H22N2O4S. The summed E-state index contributed by atoms with van der Waals surface area (Å²) in [5.41, 5.74) is 3.40. The van der Waals surface area contributed by atoms with Crippen LogP contribution in [0.1, 0.15) is 41.0 Å². The highest BCUT2D eigenvalue weighted by molar-refractivity contribution is 7.14. The summed E-state index contributed by atoms with van der Waals surface area (Å²) in [7, 11) is 0. The molecule has 3 rings (SSSR count). The molecule has 0 aliphatic carbocycles. The summed E-state index contributed by atoms with van der Waals surface area (Å²) >= 11 is 1.30. The number of carbonyl (C=O) groups excluding carboxylic acids is 2. The Morgan fingerprint density at radius 3 is 2.52 bits per heavy atom. The molecule has 1 amide bonds. The van der Waals surface area contributed by atoms with Crippen molar-refractivity contribution in [1.82, 2.24) is 4.98 Å². The number of rotatable bonds is 6. The lowest BCUT2D eigenvalue weighted by molar-refractivity contribution is -0.115. The third-order valence-electron chi connectivity index (χ3n) is 4.37. The van der Waals surface area contributed by atoms with E-state index >= 15 is 0 Å². The lowest BCUT2D eigenvalue weighted by atomic mass is 10.1. The van der Waals surface area contributed by atoms with E-state index in [0.29, 0.717) is 10.8 Å². The molecule has 3 aromatic rings. The van der Waals surface area contributed by atoms with Crippen LogP contribution < -0.4 is 4.90 Å². The molecule has 0 unspecified atom stereocenters. The standard InChI is InChI=1S/C22H22N2O4S/c1-4-16-6-8-18(9-7-16)24(15(3)25)22-23-17(13-29-22)12-28-21(27)19-10-5-14(2)11-20(19)26/h5-11,13,26H,4,12H2,1-3H3. The van der Waals surface area contributed by atoms with Gasteiger partial charge in [0, 0.05) is 12.3 Å². The summed E-state index contributed by atoms with van der Waals surface area (Å²) in [4.78, 5) is 30.4. The lowest BCUT2D eigenvalue weighted by Gasteiger charge is -2.18. The normalized spacial score (nSPS) is 10.6. The van der Waals surface area contributed by atoms with E-state index in [9.17, 15) is 14.7 Å². The number of anilines is 2. The van der Waals surface area contributed by atoms with Crippen LogP contribution in [-0.2, 0) is 22.6 Å². The number of esters is 1. The number of ether oxygens (including phenoxy) is 1. The number of nitrogens with zero attached hydrogens (tertiary/aromatic N) is 2. The summed E-state index contributed by atoms with van der Waals surface area (Å²) in [6.07, 6.45) is 0.920. The first-order valence-electron chi connectivity index (χ1n) is 9.19. The first kappa shape index (κ1) is 20.5. The number of hydrogen-bond acceptors (Lipinski definition) is 6. The molecule has 2 aromatic carbocycles. The number of phenolic OH excluding ortho intramolecular Hbond substituents is 1. The number of carbonyl (C=O) groups is 2. The van der Waals surface area contributed by atoms with Gasteiger partial charge in [-0.1, -0.05) is 25.1 Å². The maximum Gasteiger partial charge on any atom is 0.342 e. The Hall–Kier alpha value is -3.19. The van der Waals surface area contributed by atoms with Gasteiger partial charge in [0.15, 0.2) is 5.13 Å². The van der Waals surface area contributed by atoms with E-state index < -0.39 is 5.97 Å². The third kappa shape index (κ3) is 4.81. The summed E-state index contributed by atoms with van der Waals surface area (Å²) < 4.78 is 5.27. The molecule has 1 heterocycles. The van der Waals surface area contributed by atoms with E-state index in [1.807, 2.05) is 31.2 Å². The maximum atomic E-state index is 12.2. The molecule has 0 atom stereocenters. The number of phenols is 1. The summed E-state index contributed by atoms with van der Waals surface area (Å²) in [5.74, 6) is -0.903. The van der Waals surface area contributed by atoms with Gasteiger partial charge in [-0.05, 0) is 48.7 Å². The second-order valence-electron chi connectivity index (χ2n) is 6.59. The Morgan fingerprint density at radius 2 is 1.90 bits per heavy atom. The quantitative estimate of drug-likeness (QED) is 0.593.